The summed E-state index contributed by atoms with van der Waals surface area (Å²) >= 11 is 1.69. The minimum Gasteiger partial charge on any atom is -0.441 e. The Labute approximate surface area is 175 Å². The number of hydrogen-bond acceptors (Lipinski definition) is 6. The van der Waals surface area contributed by atoms with Crippen molar-refractivity contribution in [1.82, 2.24) is 14.9 Å². The van der Waals surface area contributed by atoms with E-state index in [-0.39, 0.29) is 11.8 Å². The Morgan fingerprint density at radius 3 is 2.69 bits per heavy atom. The number of carbonyl (C=O) groups excluding carboxylic acids is 1. The van der Waals surface area contributed by atoms with Crippen molar-refractivity contribution >= 4 is 22.9 Å². The predicted octanol–water partition coefficient (Wildman–Crippen LogP) is 4.57. The molecule has 3 aromatic rings. The smallest absolute Gasteiger partial charge is 0.227 e. The Bertz CT molecular complexity index is 982. The molecule has 1 N–H and O–H groups in total. The minimum atomic E-state index is 0.0401. The molecule has 0 atom stereocenters. The molecule has 1 fully saturated rings. The van der Waals surface area contributed by atoms with Crippen molar-refractivity contribution in [3.63, 3.8) is 0 Å². The highest BCUT2D eigenvalue weighted by Gasteiger charge is 2.25. The first-order valence-corrected chi connectivity index (χ1v) is 10.8. The number of nitrogens with one attached hydrogen (secondary N) is 1. The fourth-order valence-electron chi connectivity index (χ4n) is 3.63. The second kappa shape index (κ2) is 8.47. The average Bonchev–Trinajstić information content (AvgIpc) is 3.27. The van der Waals surface area contributed by atoms with Crippen LogP contribution in [0, 0.1) is 26.7 Å². The van der Waals surface area contributed by atoms with E-state index in [1.807, 2.05) is 45.0 Å². The van der Waals surface area contributed by atoms with Crippen molar-refractivity contribution in [2.45, 2.75) is 40.2 Å². The third-order valence-electron chi connectivity index (χ3n) is 5.42. The summed E-state index contributed by atoms with van der Waals surface area (Å²) in [4.78, 5) is 24.1. The Balaban J connectivity index is 1.33. The van der Waals surface area contributed by atoms with Gasteiger partial charge in [0.25, 0.3) is 0 Å². The van der Waals surface area contributed by atoms with Crippen LogP contribution in [0.1, 0.15) is 35.0 Å². The largest absolute Gasteiger partial charge is 0.441 e. The molecule has 1 amide bonds. The fraction of sp³-hybridized carbons (Fsp3) is 0.409. The Hall–Kier alpha value is -2.51. The molecule has 29 heavy (non-hydrogen) atoms. The molecule has 0 bridgehead atoms. The van der Waals surface area contributed by atoms with Gasteiger partial charge >= 0.3 is 0 Å². The van der Waals surface area contributed by atoms with E-state index in [4.69, 9.17) is 4.42 Å². The summed E-state index contributed by atoms with van der Waals surface area (Å²) < 4.78 is 5.71. The molecular formula is C22H26N4O2S. The molecule has 4 rings (SSSR count). The summed E-state index contributed by atoms with van der Waals surface area (Å²) in [6.07, 6.45) is 1.74. The van der Waals surface area contributed by atoms with E-state index in [9.17, 15) is 4.79 Å². The zero-order valence-electron chi connectivity index (χ0n) is 17.1. The van der Waals surface area contributed by atoms with Gasteiger partial charge < -0.3 is 9.73 Å². The number of amides is 1. The second-order valence-electron chi connectivity index (χ2n) is 7.64. The molecule has 1 aromatic carbocycles. The number of likely N-dealkylation sites (tertiary alicyclic amines) is 1. The van der Waals surface area contributed by atoms with E-state index < -0.39 is 0 Å². The van der Waals surface area contributed by atoms with E-state index in [0.717, 1.165) is 65.9 Å². The van der Waals surface area contributed by atoms with Crippen LogP contribution in [0.5, 0.6) is 0 Å². The molecule has 1 aliphatic heterocycles. The number of oxazole rings is 1. The van der Waals surface area contributed by atoms with Crippen LogP contribution in [-0.2, 0) is 11.3 Å². The van der Waals surface area contributed by atoms with Crippen LogP contribution in [0.3, 0.4) is 0 Å². The minimum absolute atomic E-state index is 0.0401. The van der Waals surface area contributed by atoms with E-state index in [1.54, 1.807) is 11.3 Å². The van der Waals surface area contributed by atoms with Gasteiger partial charge in [0.15, 0.2) is 0 Å². The number of aromatic nitrogens is 2. The van der Waals surface area contributed by atoms with E-state index in [1.165, 1.54) is 0 Å². The van der Waals surface area contributed by atoms with Crippen LogP contribution < -0.4 is 5.32 Å². The van der Waals surface area contributed by atoms with Gasteiger partial charge in [0.2, 0.25) is 11.8 Å². The van der Waals surface area contributed by atoms with Gasteiger partial charge in [0.1, 0.15) is 5.76 Å². The van der Waals surface area contributed by atoms with Crippen molar-refractivity contribution in [3.05, 3.63) is 51.8 Å². The summed E-state index contributed by atoms with van der Waals surface area (Å²) in [6, 6.07) is 7.68. The molecule has 1 saturated heterocycles. The average molecular weight is 411 g/mol. The Morgan fingerprint density at radius 2 is 2.03 bits per heavy atom. The number of rotatable bonds is 5. The number of benzene rings is 1. The zero-order valence-corrected chi connectivity index (χ0v) is 17.9. The highest BCUT2D eigenvalue weighted by atomic mass is 32.1. The van der Waals surface area contributed by atoms with Gasteiger partial charge in [-0.2, -0.15) is 0 Å². The van der Waals surface area contributed by atoms with Crippen molar-refractivity contribution in [2.75, 3.05) is 18.4 Å². The lowest BCUT2D eigenvalue weighted by Gasteiger charge is -2.30. The number of thiazole rings is 1. The third kappa shape index (κ3) is 4.74. The van der Waals surface area contributed by atoms with Gasteiger partial charge in [0.05, 0.1) is 16.4 Å². The second-order valence-corrected chi connectivity index (χ2v) is 8.70. The summed E-state index contributed by atoms with van der Waals surface area (Å²) in [6.45, 7) is 8.57. The molecule has 0 unspecified atom stereocenters. The van der Waals surface area contributed by atoms with Crippen LogP contribution >= 0.6 is 11.3 Å². The van der Waals surface area contributed by atoms with Crippen LogP contribution in [-0.4, -0.2) is 33.9 Å². The van der Waals surface area contributed by atoms with Crippen molar-refractivity contribution in [2.24, 2.45) is 5.92 Å². The number of carbonyl (C=O) groups is 1. The van der Waals surface area contributed by atoms with E-state index >= 15 is 0 Å². The Kier molecular flexibility index (Phi) is 5.78. The lowest BCUT2D eigenvalue weighted by atomic mass is 9.95. The maximum absolute atomic E-state index is 12.8. The van der Waals surface area contributed by atoms with Crippen LogP contribution in [0.4, 0.5) is 5.69 Å². The maximum atomic E-state index is 12.8. The molecule has 0 aliphatic carbocycles. The number of hydrogen-bond donors (Lipinski definition) is 1. The van der Waals surface area contributed by atoms with Crippen molar-refractivity contribution < 1.29 is 9.21 Å². The number of nitrogens with zero attached hydrogens (tertiary/aromatic N) is 3. The molecule has 152 valence electrons. The molecule has 7 heteroatoms. The van der Waals surface area contributed by atoms with Crippen molar-refractivity contribution in [1.29, 1.82) is 0 Å². The zero-order chi connectivity index (χ0) is 20.4. The van der Waals surface area contributed by atoms with Crippen LogP contribution in [0.2, 0.25) is 0 Å². The lowest BCUT2D eigenvalue weighted by Crippen LogP contribution is -2.37. The highest BCUT2D eigenvalue weighted by Crippen LogP contribution is 2.26. The third-order valence-corrected chi connectivity index (χ3v) is 6.24. The monoisotopic (exact) mass is 410 g/mol. The fourth-order valence-corrected chi connectivity index (χ4v) is 4.24. The number of aryl methyl sites for hydroxylation is 3. The van der Waals surface area contributed by atoms with E-state index in [2.05, 4.69) is 25.6 Å². The van der Waals surface area contributed by atoms with Gasteiger partial charge in [-0.15, -0.1) is 11.3 Å². The quantitative estimate of drug-likeness (QED) is 0.667. The first-order valence-electron chi connectivity index (χ1n) is 9.96. The summed E-state index contributed by atoms with van der Waals surface area (Å²) in [5.41, 5.74) is 3.66. The molecule has 2 aromatic heterocycles. The van der Waals surface area contributed by atoms with Gasteiger partial charge in [-0.25, -0.2) is 9.97 Å². The van der Waals surface area contributed by atoms with Crippen molar-refractivity contribution in [3.8, 4) is 11.5 Å². The first kappa shape index (κ1) is 19.8. The molecule has 0 saturated carbocycles. The molecule has 6 nitrogen and oxygen atoms in total. The van der Waals surface area contributed by atoms with Gasteiger partial charge in [-0.05, 0) is 64.9 Å². The van der Waals surface area contributed by atoms with Gasteiger partial charge in [0, 0.05) is 29.1 Å². The summed E-state index contributed by atoms with van der Waals surface area (Å²) in [5.74, 6) is 1.53. The topological polar surface area (TPSA) is 71.3 Å². The maximum Gasteiger partial charge on any atom is 0.227 e. The first-order chi connectivity index (χ1) is 14.0. The number of anilines is 1. The molecule has 3 heterocycles. The highest BCUT2D eigenvalue weighted by molar-refractivity contribution is 7.09. The SMILES string of the molecule is Cc1nc(CN2CCC(C(=O)Nc3cccc(-c4nc(C)c(C)o4)c3)CC2)cs1. The van der Waals surface area contributed by atoms with E-state index in [0.29, 0.717) is 5.89 Å². The van der Waals surface area contributed by atoms with Crippen LogP contribution in [0.25, 0.3) is 11.5 Å². The standard InChI is InChI=1S/C22H26N4O2S/c1-14-15(2)28-22(23-14)18-5-4-6-19(11-18)25-21(27)17-7-9-26(10-8-17)12-20-13-29-16(3)24-20/h4-6,11,13,17H,7-10,12H2,1-3H3,(H,25,27). The number of piperidine rings is 1. The predicted molar refractivity (Wildman–Crippen MR) is 115 cm³/mol. The molecule has 1 aliphatic rings. The molecule has 0 radical (unpaired) electrons. The molecular weight excluding hydrogens is 384 g/mol. The molecule has 0 spiro atoms. The summed E-state index contributed by atoms with van der Waals surface area (Å²) in [7, 11) is 0. The van der Waals surface area contributed by atoms with Crippen LogP contribution in [0.15, 0.2) is 34.1 Å². The van der Waals surface area contributed by atoms with Gasteiger partial charge in [-0.3, -0.25) is 9.69 Å². The Morgan fingerprint density at radius 1 is 1.24 bits per heavy atom. The lowest BCUT2D eigenvalue weighted by molar-refractivity contribution is -0.121. The summed E-state index contributed by atoms with van der Waals surface area (Å²) in [5, 5.41) is 6.30. The van der Waals surface area contributed by atoms with Gasteiger partial charge in [-0.1, -0.05) is 6.07 Å². The normalized spacial score (nSPS) is 15.6.